The summed E-state index contributed by atoms with van der Waals surface area (Å²) in [7, 11) is -1.38. The highest BCUT2D eigenvalue weighted by Gasteiger charge is 2.33. The molecule has 1 aromatic heterocycles. The lowest BCUT2D eigenvalue weighted by Gasteiger charge is -2.30. The second kappa shape index (κ2) is 8.88. The monoisotopic (exact) mass is 317 g/mol. The van der Waals surface area contributed by atoms with Crippen LogP contribution in [0.15, 0.2) is 22.8 Å². The maximum Gasteiger partial charge on any atom is 0.131 e. The van der Waals surface area contributed by atoms with Gasteiger partial charge in [0.15, 0.2) is 0 Å². The molecule has 1 aromatic rings. The summed E-state index contributed by atoms with van der Waals surface area (Å²) in [5.74, 6) is 0. The minimum absolute atomic E-state index is 0. The van der Waals surface area contributed by atoms with Gasteiger partial charge < -0.3 is 9.15 Å². The van der Waals surface area contributed by atoms with Crippen LogP contribution in [0, 0.1) is 0 Å². The highest BCUT2D eigenvalue weighted by atomic mass is 35.5. The average Bonchev–Trinajstić information content (AvgIpc) is 3.00. The van der Waals surface area contributed by atoms with E-state index in [1.807, 2.05) is 12.3 Å². The van der Waals surface area contributed by atoms with Crippen molar-refractivity contribution in [3.8, 4) is 0 Å². The Kier molecular flexibility index (Phi) is 7.88. The summed E-state index contributed by atoms with van der Waals surface area (Å²) in [6.45, 7) is 9.92. The lowest BCUT2D eigenvalue weighted by molar-refractivity contribution is 0.0379. The Bertz CT molecular complexity index is 349. The van der Waals surface area contributed by atoms with Crippen LogP contribution in [0.1, 0.15) is 20.3 Å². The smallest absolute Gasteiger partial charge is 0.131 e. The number of rotatable bonds is 7. The number of nitrogens with zero attached hydrogens (tertiary/aromatic N) is 1. The van der Waals surface area contributed by atoms with Gasteiger partial charge in [-0.2, -0.15) is 0 Å². The van der Waals surface area contributed by atoms with E-state index in [0.717, 1.165) is 26.3 Å². The summed E-state index contributed by atoms with van der Waals surface area (Å²) in [6.07, 6.45) is 3.14. The lowest BCUT2D eigenvalue weighted by atomic mass is 10.3. The van der Waals surface area contributed by atoms with Gasteiger partial charge in [0, 0.05) is 13.1 Å². The van der Waals surface area contributed by atoms with Gasteiger partial charge in [0.25, 0.3) is 0 Å². The molecule has 0 amide bonds. The summed E-state index contributed by atoms with van der Waals surface area (Å²) >= 11 is 0. The van der Waals surface area contributed by atoms with E-state index in [0.29, 0.717) is 0 Å². The van der Waals surface area contributed by atoms with Crippen molar-refractivity contribution in [3.63, 3.8) is 0 Å². The fourth-order valence-electron chi connectivity index (χ4n) is 3.12. The van der Waals surface area contributed by atoms with Gasteiger partial charge in [-0.25, -0.2) is 0 Å². The molecule has 20 heavy (non-hydrogen) atoms. The van der Waals surface area contributed by atoms with Crippen molar-refractivity contribution in [3.05, 3.63) is 18.4 Å². The Hall–Kier alpha value is -0.293. The van der Waals surface area contributed by atoms with Crippen molar-refractivity contribution in [2.24, 2.45) is 0 Å². The van der Waals surface area contributed by atoms with Crippen molar-refractivity contribution in [2.45, 2.75) is 38.4 Å². The third kappa shape index (κ3) is 4.35. The standard InChI is InChI=1S/C15H27NO2Si.ClH/c1-3-19(4-2,15-7-5-11-18-15)14-6-8-16-9-12-17-13-10-16;/h5,7,11H,3-4,6,8-10,12-14H2,1-2H3;1H. The number of ether oxygens (including phenoxy) is 1. The normalized spacial score (nSPS) is 16.9. The van der Waals surface area contributed by atoms with E-state index >= 15 is 0 Å². The van der Waals surface area contributed by atoms with Gasteiger partial charge in [-0.1, -0.05) is 25.9 Å². The van der Waals surface area contributed by atoms with E-state index in [1.54, 1.807) is 0 Å². The summed E-state index contributed by atoms with van der Waals surface area (Å²) < 4.78 is 11.2. The third-order valence-corrected chi connectivity index (χ3v) is 9.98. The van der Waals surface area contributed by atoms with Gasteiger partial charge >= 0.3 is 0 Å². The molecule has 0 radical (unpaired) electrons. The van der Waals surface area contributed by atoms with Gasteiger partial charge in [-0.3, -0.25) is 4.90 Å². The van der Waals surface area contributed by atoms with Crippen LogP contribution < -0.4 is 5.38 Å². The highest BCUT2D eigenvalue weighted by molar-refractivity contribution is 6.90. The molecule has 116 valence electrons. The first-order valence-corrected chi connectivity index (χ1v) is 10.3. The molecule has 2 heterocycles. The molecular formula is C15H28ClNO2Si. The van der Waals surface area contributed by atoms with Crippen LogP contribution in [0.5, 0.6) is 0 Å². The second-order valence-electron chi connectivity index (χ2n) is 5.52. The number of hydrogen-bond donors (Lipinski definition) is 0. The number of morpholine rings is 1. The fourth-order valence-corrected chi connectivity index (χ4v) is 6.87. The predicted molar refractivity (Wildman–Crippen MR) is 89.0 cm³/mol. The van der Waals surface area contributed by atoms with E-state index in [1.165, 1.54) is 36.5 Å². The molecule has 0 N–H and O–H groups in total. The van der Waals surface area contributed by atoms with E-state index in [4.69, 9.17) is 9.15 Å². The fraction of sp³-hybridized carbons (Fsp3) is 0.733. The molecular weight excluding hydrogens is 290 g/mol. The number of halogens is 1. The van der Waals surface area contributed by atoms with Crippen LogP contribution in [-0.2, 0) is 4.74 Å². The van der Waals surface area contributed by atoms with Crippen molar-refractivity contribution in [2.75, 3.05) is 32.8 Å². The second-order valence-corrected chi connectivity index (χ2v) is 10.5. The molecule has 0 unspecified atom stereocenters. The Morgan fingerprint density at radius 2 is 1.90 bits per heavy atom. The Balaban J connectivity index is 0.00000200. The molecule has 1 saturated heterocycles. The number of furan rings is 1. The summed E-state index contributed by atoms with van der Waals surface area (Å²) in [6, 6.07) is 8.18. The molecule has 1 aliphatic rings. The summed E-state index contributed by atoms with van der Waals surface area (Å²) in [5.41, 5.74) is 0. The first-order valence-electron chi connectivity index (χ1n) is 7.65. The summed E-state index contributed by atoms with van der Waals surface area (Å²) in [4.78, 5) is 2.54. The largest absolute Gasteiger partial charge is 0.474 e. The van der Waals surface area contributed by atoms with Crippen LogP contribution in [-0.4, -0.2) is 45.8 Å². The highest BCUT2D eigenvalue weighted by Crippen LogP contribution is 2.23. The molecule has 0 saturated carbocycles. The van der Waals surface area contributed by atoms with Crippen LogP contribution in [0.3, 0.4) is 0 Å². The SMILES string of the molecule is CC[Si](CC)(CCCN1CCOCC1)c1ccco1.Cl. The zero-order valence-corrected chi connectivity index (χ0v) is 14.6. The molecule has 0 spiro atoms. The third-order valence-electron chi connectivity index (χ3n) is 4.63. The molecule has 2 rings (SSSR count). The Labute approximate surface area is 130 Å². The minimum Gasteiger partial charge on any atom is -0.474 e. The van der Waals surface area contributed by atoms with Gasteiger partial charge in [-0.05, 0) is 31.1 Å². The van der Waals surface area contributed by atoms with E-state index < -0.39 is 8.07 Å². The van der Waals surface area contributed by atoms with Crippen molar-refractivity contribution in [1.29, 1.82) is 0 Å². The van der Waals surface area contributed by atoms with E-state index in [2.05, 4.69) is 24.8 Å². The van der Waals surface area contributed by atoms with Gasteiger partial charge in [0.2, 0.25) is 0 Å². The maximum absolute atomic E-state index is 5.75. The van der Waals surface area contributed by atoms with Crippen molar-refractivity contribution >= 4 is 25.9 Å². The molecule has 0 atom stereocenters. The van der Waals surface area contributed by atoms with Crippen LogP contribution in [0.2, 0.25) is 18.1 Å². The maximum atomic E-state index is 5.75. The quantitative estimate of drug-likeness (QED) is 0.723. The van der Waals surface area contributed by atoms with Gasteiger partial charge in [0.1, 0.15) is 8.07 Å². The topological polar surface area (TPSA) is 25.6 Å². The first kappa shape index (κ1) is 17.8. The Morgan fingerprint density at radius 1 is 1.20 bits per heavy atom. The zero-order chi connectivity index (χ0) is 13.6. The molecule has 3 nitrogen and oxygen atoms in total. The van der Waals surface area contributed by atoms with E-state index in [-0.39, 0.29) is 12.4 Å². The Morgan fingerprint density at radius 3 is 2.45 bits per heavy atom. The van der Waals surface area contributed by atoms with Crippen LogP contribution in [0.25, 0.3) is 0 Å². The first-order chi connectivity index (χ1) is 9.30. The van der Waals surface area contributed by atoms with Crippen molar-refractivity contribution in [1.82, 2.24) is 4.90 Å². The van der Waals surface area contributed by atoms with Crippen LogP contribution >= 0.6 is 12.4 Å². The van der Waals surface area contributed by atoms with Gasteiger partial charge in [0.05, 0.1) is 24.9 Å². The molecule has 0 aliphatic carbocycles. The molecule has 0 bridgehead atoms. The predicted octanol–water partition coefficient (Wildman–Crippen LogP) is 3.12. The lowest BCUT2D eigenvalue weighted by Crippen LogP contribution is -2.46. The summed E-state index contributed by atoms with van der Waals surface area (Å²) in [5, 5.41) is 1.31. The van der Waals surface area contributed by atoms with Gasteiger partial charge in [-0.15, -0.1) is 12.4 Å². The molecule has 1 aliphatic heterocycles. The van der Waals surface area contributed by atoms with Crippen molar-refractivity contribution < 1.29 is 9.15 Å². The molecule has 0 aromatic carbocycles. The average molecular weight is 318 g/mol. The zero-order valence-electron chi connectivity index (χ0n) is 12.8. The molecule has 5 heteroatoms. The van der Waals surface area contributed by atoms with Crippen LogP contribution in [0.4, 0.5) is 0 Å². The van der Waals surface area contributed by atoms with E-state index in [9.17, 15) is 0 Å². The molecule has 1 fully saturated rings. The minimum atomic E-state index is -1.38. The number of hydrogen-bond acceptors (Lipinski definition) is 3.